The molecule has 0 fully saturated rings. The van der Waals surface area contributed by atoms with E-state index in [1.807, 2.05) is 6.92 Å². The van der Waals surface area contributed by atoms with Crippen molar-refractivity contribution in [2.45, 2.75) is 6.92 Å². The Morgan fingerprint density at radius 2 is 2.00 bits per heavy atom. The molecular weight excluding hydrogens is 283 g/mol. The van der Waals surface area contributed by atoms with Gasteiger partial charge in [0.05, 0.1) is 22.0 Å². The topological polar surface area (TPSA) is 38.0 Å². The predicted molar refractivity (Wildman–Crippen MR) is 81.8 cm³/mol. The smallest absolute Gasteiger partial charge is 0.146 e. The van der Waals surface area contributed by atoms with Gasteiger partial charge >= 0.3 is 0 Å². The number of aryl methyl sites for hydroxylation is 1. The molecule has 2 aromatic rings. The average molecular weight is 295 g/mol. The van der Waals surface area contributed by atoms with Gasteiger partial charge in [0, 0.05) is 0 Å². The van der Waals surface area contributed by atoms with Crippen molar-refractivity contribution in [1.29, 1.82) is 0 Å². The molecule has 2 aromatic carbocycles. The van der Waals surface area contributed by atoms with Crippen LogP contribution in [0.3, 0.4) is 0 Å². The Kier molecular flexibility index (Phi) is 4.02. The lowest BCUT2D eigenvalue weighted by Gasteiger charge is -2.13. The summed E-state index contributed by atoms with van der Waals surface area (Å²) in [5.41, 5.74) is 8.06. The standard InChI is InChI=1S/C14H12ClFN2S/c1-8-5-6-10(16)12(7-8)18-11-4-2-3-9(15)13(11)14(17)19/h2-7,18H,1H3,(H2,17,19). The maximum Gasteiger partial charge on any atom is 0.146 e. The largest absolute Gasteiger partial charge is 0.389 e. The van der Waals surface area contributed by atoms with Crippen molar-refractivity contribution < 1.29 is 4.39 Å². The summed E-state index contributed by atoms with van der Waals surface area (Å²) >= 11 is 11.0. The van der Waals surface area contributed by atoms with Gasteiger partial charge in [-0.25, -0.2) is 4.39 Å². The molecule has 0 amide bonds. The Morgan fingerprint density at radius 3 is 2.68 bits per heavy atom. The Balaban J connectivity index is 2.46. The number of nitrogens with two attached hydrogens (primary N) is 1. The molecule has 0 aliphatic heterocycles. The third-order valence-electron chi connectivity index (χ3n) is 2.65. The summed E-state index contributed by atoms with van der Waals surface area (Å²) < 4.78 is 13.7. The third-order valence-corrected chi connectivity index (χ3v) is 3.17. The van der Waals surface area contributed by atoms with Crippen LogP contribution >= 0.6 is 23.8 Å². The number of rotatable bonds is 3. The van der Waals surface area contributed by atoms with Crippen molar-refractivity contribution in [3.05, 3.63) is 58.4 Å². The van der Waals surface area contributed by atoms with E-state index >= 15 is 0 Å². The van der Waals surface area contributed by atoms with Crippen molar-refractivity contribution in [1.82, 2.24) is 0 Å². The fourth-order valence-electron chi connectivity index (χ4n) is 1.76. The minimum Gasteiger partial charge on any atom is -0.389 e. The van der Waals surface area contributed by atoms with Gasteiger partial charge in [-0.15, -0.1) is 0 Å². The first-order valence-corrected chi connectivity index (χ1v) is 6.39. The fourth-order valence-corrected chi connectivity index (χ4v) is 2.31. The van der Waals surface area contributed by atoms with E-state index in [1.165, 1.54) is 6.07 Å². The molecule has 0 bridgehead atoms. The molecule has 0 aliphatic rings. The van der Waals surface area contributed by atoms with E-state index in [-0.39, 0.29) is 10.8 Å². The molecule has 0 saturated carbocycles. The predicted octanol–water partition coefficient (Wildman–Crippen LogP) is 4.17. The minimum absolute atomic E-state index is 0.168. The summed E-state index contributed by atoms with van der Waals surface area (Å²) in [4.78, 5) is 0.168. The molecule has 2 rings (SSSR count). The number of thiocarbonyl (C=S) groups is 1. The quantitative estimate of drug-likeness (QED) is 0.835. The lowest BCUT2D eigenvalue weighted by molar-refractivity contribution is 0.631. The molecule has 0 saturated heterocycles. The van der Waals surface area contributed by atoms with Gasteiger partial charge in [0.25, 0.3) is 0 Å². The zero-order valence-electron chi connectivity index (χ0n) is 10.2. The van der Waals surface area contributed by atoms with Crippen molar-refractivity contribution >= 4 is 40.2 Å². The number of hydrogen-bond acceptors (Lipinski definition) is 2. The second-order valence-electron chi connectivity index (χ2n) is 4.13. The molecule has 0 aromatic heterocycles. The number of anilines is 2. The van der Waals surface area contributed by atoms with Gasteiger partial charge < -0.3 is 11.1 Å². The normalized spacial score (nSPS) is 10.3. The van der Waals surface area contributed by atoms with Crippen LogP contribution in [0.2, 0.25) is 5.02 Å². The summed E-state index contributed by atoms with van der Waals surface area (Å²) in [6, 6.07) is 10.0. The second-order valence-corrected chi connectivity index (χ2v) is 4.98. The van der Waals surface area contributed by atoms with E-state index in [4.69, 9.17) is 29.6 Å². The Hall–Kier alpha value is -1.65. The SMILES string of the molecule is Cc1ccc(F)c(Nc2cccc(Cl)c2C(N)=S)c1. The van der Waals surface area contributed by atoms with Gasteiger partial charge in [-0.2, -0.15) is 0 Å². The van der Waals surface area contributed by atoms with Gasteiger partial charge in [-0.05, 0) is 36.8 Å². The Labute approximate surface area is 121 Å². The van der Waals surface area contributed by atoms with E-state index in [0.717, 1.165) is 5.56 Å². The monoisotopic (exact) mass is 294 g/mol. The number of halogens is 2. The van der Waals surface area contributed by atoms with E-state index in [0.29, 0.717) is 22.0 Å². The first-order chi connectivity index (χ1) is 8.99. The molecule has 0 spiro atoms. The van der Waals surface area contributed by atoms with Crippen LogP contribution in [0.4, 0.5) is 15.8 Å². The highest BCUT2D eigenvalue weighted by molar-refractivity contribution is 7.80. The van der Waals surface area contributed by atoms with E-state index in [2.05, 4.69) is 5.32 Å². The van der Waals surface area contributed by atoms with E-state index in [1.54, 1.807) is 30.3 Å². The van der Waals surface area contributed by atoms with Crippen LogP contribution in [0.25, 0.3) is 0 Å². The highest BCUT2D eigenvalue weighted by atomic mass is 35.5. The molecule has 98 valence electrons. The molecule has 0 aliphatic carbocycles. The first kappa shape index (κ1) is 13.8. The summed E-state index contributed by atoms with van der Waals surface area (Å²) in [5, 5.41) is 3.41. The second kappa shape index (κ2) is 5.55. The Bertz CT molecular complexity index is 643. The molecule has 0 unspecified atom stereocenters. The lowest BCUT2D eigenvalue weighted by atomic mass is 10.1. The molecule has 0 atom stereocenters. The fraction of sp³-hybridized carbons (Fsp3) is 0.0714. The first-order valence-electron chi connectivity index (χ1n) is 5.60. The van der Waals surface area contributed by atoms with Crippen molar-refractivity contribution in [3.63, 3.8) is 0 Å². The van der Waals surface area contributed by atoms with Crippen molar-refractivity contribution in [3.8, 4) is 0 Å². The summed E-state index contributed by atoms with van der Waals surface area (Å²) in [6.07, 6.45) is 0. The molecule has 19 heavy (non-hydrogen) atoms. The van der Waals surface area contributed by atoms with Crippen LogP contribution in [0, 0.1) is 12.7 Å². The van der Waals surface area contributed by atoms with Gasteiger partial charge in [0.15, 0.2) is 0 Å². The summed E-state index contributed by atoms with van der Waals surface area (Å²) in [5.74, 6) is -0.348. The summed E-state index contributed by atoms with van der Waals surface area (Å²) in [6.45, 7) is 1.89. The van der Waals surface area contributed by atoms with Crippen LogP contribution in [0.15, 0.2) is 36.4 Å². The maximum atomic E-state index is 13.7. The average Bonchev–Trinajstić information content (AvgIpc) is 2.33. The van der Waals surface area contributed by atoms with Gasteiger partial charge in [-0.1, -0.05) is 36.0 Å². The molecular formula is C14H12ClFN2S. The van der Waals surface area contributed by atoms with Crippen LogP contribution in [-0.2, 0) is 0 Å². The van der Waals surface area contributed by atoms with Gasteiger partial charge in [-0.3, -0.25) is 0 Å². The highest BCUT2D eigenvalue weighted by Gasteiger charge is 2.11. The molecule has 0 heterocycles. The highest BCUT2D eigenvalue weighted by Crippen LogP contribution is 2.28. The maximum absolute atomic E-state index is 13.7. The molecule has 2 nitrogen and oxygen atoms in total. The van der Waals surface area contributed by atoms with Crippen LogP contribution < -0.4 is 11.1 Å². The number of nitrogens with one attached hydrogen (secondary N) is 1. The lowest BCUT2D eigenvalue weighted by Crippen LogP contribution is -2.13. The zero-order chi connectivity index (χ0) is 14.0. The number of benzene rings is 2. The Morgan fingerprint density at radius 1 is 1.26 bits per heavy atom. The van der Waals surface area contributed by atoms with Crippen LogP contribution in [0.5, 0.6) is 0 Å². The van der Waals surface area contributed by atoms with Crippen molar-refractivity contribution in [2.24, 2.45) is 5.73 Å². The molecule has 5 heteroatoms. The third kappa shape index (κ3) is 3.03. The molecule has 0 radical (unpaired) electrons. The minimum atomic E-state index is -0.348. The zero-order valence-corrected chi connectivity index (χ0v) is 11.8. The van der Waals surface area contributed by atoms with Crippen LogP contribution in [0.1, 0.15) is 11.1 Å². The van der Waals surface area contributed by atoms with E-state index in [9.17, 15) is 4.39 Å². The van der Waals surface area contributed by atoms with Crippen LogP contribution in [-0.4, -0.2) is 4.99 Å². The van der Waals surface area contributed by atoms with Gasteiger partial charge in [0.2, 0.25) is 0 Å². The van der Waals surface area contributed by atoms with Gasteiger partial charge in [0.1, 0.15) is 10.8 Å². The molecule has 3 N–H and O–H groups in total. The number of hydrogen-bond donors (Lipinski definition) is 2. The van der Waals surface area contributed by atoms with E-state index < -0.39 is 0 Å². The van der Waals surface area contributed by atoms with Crippen molar-refractivity contribution in [2.75, 3.05) is 5.32 Å². The summed E-state index contributed by atoms with van der Waals surface area (Å²) in [7, 11) is 0.